The molecule has 98 valence electrons. The van der Waals surface area contributed by atoms with E-state index in [2.05, 4.69) is 5.32 Å². The van der Waals surface area contributed by atoms with Gasteiger partial charge in [0, 0.05) is 11.4 Å². The fourth-order valence-corrected chi connectivity index (χ4v) is 1.70. The number of amides is 1. The van der Waals surface area contributed by atoms with Gasteiger partial charge in [0.2, 0.25) is 0 Å². The molecule has 2 aromatic rings. The van der Waals surface area contributed by atoms with Crippen molar-refractivity contribution in [1.82, 2.24) is 0 Å². The van der Waals surface area contributed by atoms with Crippen LogP contribution in [-0.4, -0.2) is 6.09 Å². The van der Waals surface area contributed by atoms with E-state index in [0.29, 0.717) is 11.4 Å². The van der Waals surface area contributed by atoms with Gasteiger partial charge < -0.3 is 10.5 Å². The SMILES string of the molecule is Cc1cc(N)ccc1NC(=O)OCc1ccccc1. The lowest BCUT2D eigenvalue weighted by molar-refractivity contribution is 0.155. The van der Waals surface area contributed by atoms with Crippen molar-refractivity contribution < 1.29 is 9.53 Å². The van der Waals surface area contributed by atoms with E-state index in [-0.39, 0.29) is 6.61 Å². The molecule has 0 saturated heterocycles. The Morgan fingerprint density at radius 3 is 2.63 bits per heavy atom. The lowest BCUT2D eigenvalue weighted by Crippen LogP contribution is -2.14. The van der Waals surface area contributed by atoms with Crippen LogP contribution in [0.5, 0.6) is 0 Å². The zero-order valence-corrected chi connectivity index (χ0v) is 10.7. The van der Waals surface area contributed by atoms with E-state index in [1.165, 1.54) is 0 Å². The number of nitrogens with two attached hydrogens (primary N) is 1. The minimum Gasteiger partial charge on any atom is -0.444 e. The van der Waals surface area contributed by atoms with Crippen LogP contribution < -0.4 is 11.1 Å². The normalized spacial score (nSPS) is 9.95. The van der Waals surface area contributed by atoms with Gasteiger partial charge in [0.25, 0.3) is 0 Å². The maximum atomic E-state index is 11.7. The summed E-state index contributed by atoms with van der Waals surface area (Å²) in [5.41, 5.74) is 8.87. The molecule has 0 aliphatic heterocycles. The second-order valence-corrected chi connectivity index (χ2v) is 4.26. The molecule has 0 aliphatic carbocycles. The van der Waals surface area contributed by atoms with Crippen LogP contribution in [0.15, 0.2) is 48.5 Å². The highest BCUT2D eigenvalue weighted by Gasteiger charge is 2.06. The smallest absolute Gasteiger partial charge is 0.411 e. The monoisotopic (exact) mass is 256 g/mol. The lowest BCUT2D eigenvalue weighted by Gasteiger charge is -2.09. The molecule has 0 aliphatic rings. The van der Waals surface area contributed by atoms with E-state index in [1.807, 2.05) is 37.3 Å². The van der Waals surface area contributed by atoms with Gasteiger partial charge in [0.1, 0.15) is 6.61 Å². The summed E-state index contributed by atoms with van der Waals surface area (Å²) in [5, 5.41) is 2.69. The van der Waals surface area contributed by atoms with Gasteiger partial charge in [-0.15, -0.1) is 0 Å². The predicted molar refractivity (Wildman–Crippen MR) is 75.8 cm³/mol. The molecule has 1 amide bonds. The number of aryl methyl sites for hydroxylation is 1. The number of benzene rings is 2. The second-order valence-electron chi connectivity index (χ2n) is 4.26. The molecule has 0 bridgehead atoms. The fraction of sp³-hybridized carbons (Fsp3) is 0.133. The van der Waals surface area contributed by atoms with Crippen molar-refractivity contribution in [3.8, 4) is 0 Å². The first-order valence-electron chi connectivity index (χ1n) is 5.99. The van der Waals surface area contributed by atoms with Gasteiger partial charge in [-0.2, -0.15) is 0 Å². The molecule has 0 atom stereocenters. The maximum Gasteiger partial charge on any atom is 0.411 e. The zero-order valence-electron chi connectivity index (χ0n) is 10.7. The van der Waals surface area contributed by atoms with E-state index >= 15 is 0 Å². The molecule has 0 saturated carbocycles. The van der Waals surface area contributed by atoms with Crippen LogP contribution in [0.25, 0.3) is 0 Å². The Morgan fingerprint density at radius 1 is 1.21 bits per heavy atom. The molecule has 2 aromatic carbocycles. The fourth-order valence-electron chi connectivity index (χ4n) is 1.70. The molecular weight excluding hydrogens is 240 g/mol. The summed E-state index contributed by atoms with van der Waals surface area (Å²) in [6.07, 6.45) is -0.475. The van der Waals surface area contributed by atoms with Gasteiger partial charge in [-0.05, 0) is 36.2 Å². The second kappa shape index (κ2) is 5.91. The van der Waals surface area contributed by atoms with Gasteiger partial charge >= 0.3 is 6.09 Å². The highest BCUT2D eigenvalue weighted by atomic mass is 16.5. The zero-order chi connectivity index (χ0) is 13.7. The third-order valence-corrected chi connectivity index (χ3v) is 2.70. The average molecular weight is 256 g/mol. The molecule has 4 nitrogen and oxygen atoms in total. The summed E-state index contributed by atoms with van der Waals surface area (Å²) in [7, 11) is 0. The third-order valence-electron chi connectivity index (χ3n) is 2.70. The molecule has 19 heavy (non-hydrogen) atoms. The Morgan fingerprint density at radius 2 is 1.95 bits per heavy atom. The predicted octanol–water partition coefficient (Wildman–Crippen LogP) is 3.33. The van der Waals surface area contributed by atoms with Crippen molar-refractivity contribution >= 4 is 17.5 Å². The van der Waals surface area contributed by atoms with Crippen LogP contribution >= 0.6 is 0 Å². The van der Waals surface area contributed by atoms with Gasteiger partial charge in [-0.3, -0.25) is 5.32 Å². The summed E-state index contributed by atoms with van der Waals surface area (Å²) in [6, 6.07) is 14.8. The molecule has 0 radical (unpaired) electrons. The van der Waals surface area contributed by atoms with Crippen molar-refractivity contribution in [3.05, 3.63) is 59.7 Å². The van der Waals surface area contributed by atoms with Gasteiger partial charge in [-0.1, -0.05) is 30.3 Å². The third kappa shape index (κ3) is 3.74. The van der Waals surface area contributed by atoms with Crippen molar-refractivity contribution in [2.24, 2.45) is 0 Å². The van der Waals surface area contributed by atoms with E-state index in [9.17, 15) is 4.79 Å². The number of hydrogen-bond donors (Lipinski definition) is 2. The van der Waals surface area contributed by atoms with Gasteiger partial charge in [-0.25, -0.2) is 4.79 Å². The molecule has 0 unspecified atom stereocenters. The minimum atomic E-state index is -0.475. The number of carbonyl (C=O) groups excluding carboxylic acids is 1. The molecule has 0 heterocycles. The van der Waals surface area contributed by atoms with Crippen molar-refractivity contribution in [2.75, 3.05) is 11.1 Å². The molecule has 3 N–H and O–H groups in total. The van der Waals surface area contributed by atoms with Crippen LogP contribution in [0.2, 0.25) is 0 Å². The molecule has 2 rings (SSSR count). The summed E-state index contributed by atoms with van der Waals surface area (Å²) >= 11 is 0. The average Bonchev–Trinajstić information content (AvgIpc) is 2.41. The topological polar surface area (TPSA) is 64.3 Å². The van der Waals surface area contributed by atoms with E-state index in [0.717, 1.165) is 11.1 Å². The van der Waals surface area contributed by atoms with Crippen LogP contribution in [0.3, 0.4) is 0 Å². The quantitative estimate of drug-likeness (QED) is 0.828. The molecular formula is C15H16N2O2. The summed E-state index contributed by atoms with van der Waals surface area (Å²) in [5.74, 6) is 0. The first-order valence-corrected chi connectivity index (χ1v) is 5.99. The summed E-state index contributed by atoms with van der Waals surface area (Å²) < 4.78 is 5.14. The van der Waals surface area contributed by atoms with Crippen LogP contribution in [0, 0.1) is 6.92 Å². The van der Waals surface area contributed by atoms with Crippen molar-refractivity contribution in [3.63, 3.8) is 0 Å². The number of hydrogen-bond acceptors (Lipinski definition) is 3. The summed E-state index contributed by atoms with van der Waals surface area (Å²) in [6.45, 7) is 2.13. The largest absolute Gasteiger partial charge is 0.444 e. The number of anilines is 2. The molecule has 0 aromatic heterocycles. The van der Waals surface area contributed by atoms with Crippen molar-refractivity contribution in [1.29, 1.82) is 0 Å². The number of carbonyl (C=O) groups is 1. The number of nitrogens with one attached hydrogen (secondary N) is 1. The van der Waals surface area contributed by atoms with E-state index < -0.39 is 6.09 Å². The molecule has 0 spiro atoms. The maximum absolute atomic E-state index is 11.7. The summed E-state index contributed by atoms with van der Waals surface area (Å²) in [4.78, 5) is 11.7. The molecule has 4 heteroatoms. The Balaban J connectivity index is 1.91. The Kier molecular flexibility index (Phi) is 4.03. The standard InChI is InChI=1S/C15H16N2O2/c1-11-9-13(16)7-8-14(11)17-15(18)19-10-12-5-3-2-4-6-12/h2-9H,10,16H2,1H3,(H,17,18). The van der Waals surface area contributed by atoms with Crippen LogP contribution in [-0.2, 0) is 11.3 Å². The molecule has 0 fully saturated rings. The minimum absolute atomic E-state index is 0.251. The Bertz CT molecular complexity index is 568. The van der Waals surface area contributed by atoms with E-state index in [1.54, 1.807) is 18.2 Å². The van der Waals surface area contributed by atoms with Crippen molar-refractivity contribution in [2.45, 2.75) is 13.5 Å². The number of rotatable bonds is 3. The highest BCUT2D eigenvalue weighted by Crippen LogP contribution is 2.17. The first kappa shape index (κ1) is 13.0. The van der Waals surface area contributed by atoms with Crippen LogP contribution in [0.1, 0.15) is 11.1 Å². The van der Waals surface area contributed by atoms with Gasteiger partial charge in [0.05, 0.1) is 0 Å². The first-order chi connectivity index (χ1) is 9.15. The number of ether oxygens (including phenoxy) is 1. The van der Waals surface area contributed by atoms with Gasteiger partial charge in [0.15, 0.2) is 0 Å². The lowest BCUT2D eigenvalue weighted by atomic mass is 10.2. The highest BCUT2D eigenvalue weighted by molar-refractivity contribution is 5.86. The Labute approximate surface area is 112 Å². The number of nitrogen functional groups attached to an aromatic ring is 1. The van der Waals surface area contributed by atoms with Crippen LogP contribution in [0.4, 0.5) is 16.2 Å². The van der Waals surface area contributed by atoms with E-state index in [4.69, 9.17) is 10.5 Å². The Hall–Kier alpha value is -2.49.